The quantitative estimate of drug-likeness (QED) is 0.831. The van der Waals surface area contributed by atoms with Gasteiger partial charge >= 0.3 is 0 Å². The second kappa shape index (κ2) is 6.06. The highest BCUT2D eigenvalue weighted by Gasteiger charge is 2.20. The van der Waals surface area contributed by atoms with E-state index in [1.165, 1.54) is 12.1 Å². The molecule has 2 nitrogen and oxygen atoms in total. The maximum absolute atomic E-state index is 13.4. The van der Waals surface area contributed by atoms with Crippen LogP contribution in [0.1, 0.15) is 24.3 Å². The fourth-order valence-corrected chi connectivity index (χ4v) is 1.60. The van der Waals surface area contributed by atoms with Crippen LogP contribution in [0.3, 0.4) is 0 Å². The second-order valence-corrected chi connectivity index (χ2v) is 4.19. The van der Waals surface area contributed by atoms with Gasteiger partial charge in [0.2, 0.25) is 5.91 Å². The third-order valence-electron chi connectivity index (χ3n) is 2.01. The summed E-state index contributed by atoms with van der Waals surface area (Å²) in [6.45, 7) is 2.45. The molecule has 1 atom stereocenters. The van der Waals surface area contributed by atoms with Gasteiger partial charge in [-0.05, 0) is 18.6 Å². The molecule has 0 aromatic heterocycles. The summed E-state index contributed by atoms with van der Waals surface area (Å²) in [5.41, 5.74) is 0.139. The van der Waals surface area contributed by atoms with Gasteiger partial charge in [0, 0.05) is 17.1 Å². The van der Waals surface area contributed by atoms with Gasteiger partial charge in [-0.25, -0.2) is 4.39 Å². The Morgan fingerprint density at radius 3 is 2.81 bits per heavy atom. The Morgan fingerprint density at radius 1 is 1.56 bits per heavy atom. The van der Waals surface area contributed by atoms with Gasteiger partial charge in [-0.3, -0.25) is 4.79 Å². The van der Waals surface area contributed by atoms with Crippen LogP contribution in [0, 0.1) is 5.82 Å². The van der Waals surface area contributed by atoms with Crippen LogP contribution in [0.5, 0.6) is 0 Å². The first kappa shape index (κ1) is 13.3. The summed E-state index contributed by atoms with van der Waals surface area (Å²) in [6.07, 6.45) is 0.804. The highest BCUT2D eigenvalue weighted by atomic mass is 35.5. The molecule has 16 heavy (non-hydrogen) atoms. The molecule has 1 aromatic rings. The molecule has 0 aliphatic heterocycles. The smallest absolute Gasteiger partial charge is 0.242 e. The van der Waals surface area contributed by atoms with Crippen molar-refractivity contribution in [1.29, 1.82) is 0 Å². The molecule has 0 fully saturated rings. The number of halogens is 3. The summed E-state index contributed by atoms with van der Waals surface area (Å²) < 4.78 is 13.4. The van der Waals surface area contributed by atoms with Crippen LogP contribution < -0.4 is 5.32 Å². The molecule has 0 saturated heterocycles. The summed E-state index contributed by atoms with van der Waals surface area (Å²) in [6, 6.07) is 4.06. The normalized spacial score (nSPS) is 12.2. The molecule has 1 unspecified atom stereocenters. The van der Waals surface area contributed by atoms with Gasteiger partial charge in [-0.2, -0.15) is 0 Å². The van der Waals surface area contributed by atoms with Crippen LogP contribution in [0.25, 0.3) is 0 Å². The molecule has 1 N–H and O–H groups in total. The molecule has 0 aliphatic rings. The maximum Gasteiger partial charge on any atom is 0.242 e. The summed E-state index contributed by atoms with van der Waals surface area (Å²) in [5.74, 6) is -0.969. The molecule has 1 rings (SSSR count). The minimum Gasteiger partial charge on any atom is -0.355 e. The molecule has 0 spiro atoms. The standard InChI is InChI=1S/C11H12Cl2FNO/c1-2-5-15-11(16)10(13)8-4-3-7(12)6-9(8)14/h3-4,6,10H,2,5H2,1H3,(H,15,16). The number of carbonyl (C=O) groups is 1. The van der Waals surface area contributed by atoms with Gasteiger partial charge in [0.15, 0.2) is 0 Å². The van der Waals surface area contributed by atoms with E-state index in [0.717, 1.165) is 12.5 Å². The Balaban J connectivity index is 2.79. The first-order valence-corrected chi connectivity index (χ1v) is 5.74. The van der Waals surface area contributed by atoms with Gasteiger partial charge < -0.3 is 5.32 Å². The summed E-state index contributed by atoms with van der Waals surface area (Å²) in [5, 5.41) is 1.85. The van der Waals surface area contributed by atoms with E-state index in [4.69, 9.17) is 23.2 Å². The van der Waals surface area contributed by atoms with Crippen molar-refractivity contribution in [1.82, 2.24) is 5.32 Å². The average Bonchev–Trinajstić information content (AvgIpc) is 2.25. The van der Waals surface area contributed by atoms with Crippen molar-refractivity contribution in [2.75, 3.05) is 6.54 Å². The zero-order chi connectivity index (χ0) is 12.1. The van der Waals surface area contributed by atoms with Gasteiger partial charge in [-0.15, -0.1) is 11.6 Å². The first-order chi connectivity index (χ1) is 7.56. The molecular weight excluding hydrogens is 252 g/mol. The molecule has 88 valence electrons. The number of alkyl halides is 1. The molecule has 1 amide bonds. The fourth-order valence-electron chi connectivity index (χ4n) is 1.19. The van der Waals surface area contributed by atoms with Gasteiger partial charge in [0.25, 0.3) is 0 Å². The molecule has 0 aliphatic carbocycles. The van der Waals surface area contributed by atoms with Gasteiger partial charge in [-0.1, -0.05) is 24.6 Å². The monoisotopic (exact) mass is 263 g/mol. The number of carbonyl (C=O) groups excluding carboxylic acids is 1. The third kappa shape index (κ3) is 3.35. The first-order valence-electron chi connectivity index (χ1n) is 4.93. The minimum absolute atomic E-state index is 0.139. The largest absolute Gasteiger partial charge is 0.355 e. The minimum atomic E-state index is -1.02. The number of rotatable bonds is 4. The van der Waals surface area contributed by atoms with E-state index in [9.17, 15) is 9.18 Å². The van der Waals surface area contributed by atoms with E-state index < -0.39 is 17.1 Å². The van der Waals surface area contributed by atoms with Gasteiger partial charge in [0.05, 0.1) is 0 Å². The fraction of sp³-hybridized carbons (Fsp3) is 0.364. The highest BCUT2D eigenvalue weighted by Crippen LogP contribution is 2.25. The van der Waals surface area contributed by atoms with Gasteiger partial charge in [0.1, 0.15) is 11.2 Å². The highest BCUT2D eigenvalue weighted by molar-refractivity contribution is 6.31. The average molecular weight is 264 g/mol. The van der Waals surface area contributed by atoms with E-state index in [-0.39, 0.29) is 10.6 Å². The predicted molar refractivity (Wildman–Crippen MR) is 63.3 cm³/mol. The Labute approximate surface area is 104 Å². The van der Waals surface area contributed by atoms with E-state index in [1.807, 2.05) is 6.92 Å². The zero-order valence-corrected chi connectivity index (χ0v) is 10.3. The summed E-state index contributed by atoms with van der Waals surface area (Å²) in [7, 11) is 0. The van der Waals surface area contributed by atoms with E-state index >= 15 is 0 Å². The second-order valence-electron chi connectivity index (χ2n) is 3.32. The van der Waals surface area contributed by atoms with Crippen molar-refractivity contribution in [3.05, 3.63) is 34.6 Å². The SMILES string of the molecule is CCCNC(=O)C(Cl)c1ccc(Cl)cc1F. The lowest BCUT2D eigenvalue weighted by atomic mass is 10.1. The summed E-state index contributed by atoms with van der Waals surface area (Å²) >= 11 is 11.5. The Morgan fingerprint density at radius 2 is 2.25 bits per heavy atom. The zero-order valence-electron chi connectivity index (χ0n) is 8.77. The molecule has 5 heteroatoms. The Kier molecular flexibility index (Phi) is 5.03. The topological polar surface area (TPSA) is 29.1 Å². The third-order valence-corrected chi connectivity index (χ3v) is 2.68. The van der Waals surface area contributed by atoms with Crippen molar-refractivity contribution in [2.24, 2.45) is 0 Å². The summed E-state index contributed by atoms with van der Waals surface area (Å²) in [4.78, 5) is 11.5. The van der Waals surface area contributed by atoms with Crippen LogP contribution >= 0.6 is 23.2 Å². The maximum atomic E-state index is 13.4. The lowest BCUT2D eigenvalue weighted by Gasteiger charge is -2.11. The Bertz CT molecular complexity index is 384. The van der Waals surface area contributed by atoms with E-state index in [0.29, 0.717) is 6.54 Å². The van der Waals surface area contributed by atoms with Crippen molar-refractivity contribution in [3.8, 4) is 0 Å². The number of nitrogens with one attached hydrogen (secondary N) is 1. The molecule has 1 aromatic carbocycles. The van der Waals surface area contributed by atoms with Crippen molar-refractivity contribution in [2.45, 2.75) is 18.7 Å². The molecule has 0 heterocycles. The lowest BCUT2D eigenvalue weighted by molar-refractivity contribution is -0.120. The van der Waals surface area contributed by atoms with Crippen LogP contribution in [0.2, 0.25) is 5.02 Å². The molecule has 0 radical (unpaired) electrons. The molecule has 0 saturated carbocycles. The van der Waals surface area contributed by atoms with Crippen LogP contribution in [0.15, 0.2) is 18.2 Å². The predicted octanol–water partition coefficient (Wildman–Crippen LogP) is 3.29. The van der Waals surface area contributed by atoms with E-state index in [2.05, 4.69) is 5.32 Å². The van der Waals surface area contributed by atoms with Crippen molar-refractivity contribution >= 4 is 29.1 Å². The van der Waals surface area contributed by atoms with Crippen molar-refractivity contribution < 1.29 is 9.18 Å². The van der Waals surface area contributed by atoms with Crippen LogP contribution in [-0.4, -0.2) is 12.5 Å². The number of hydrogen-bond acceptors (Lipinski definition) is 1. The Hall–Kier alpha value is -0.800. The number of amides is 1. The molecular formula is C11H12Cl2FNO. The number of hydrogen-bond donors (Lipinski definition) is 1. The lowest BCUT2D eigenvalue weighted by Crippen LogP contribution is -2.27. The molecule has 0 bridgehead atoms. The van der Waals surface area contributed by atoms with Crippen LogP contribution in [0.4, 0.5) is 4.39 Å². The number of benzene rings is 1. The van der Waals surface area contributed by atoms with E-state index in [1.54, 1.807) is 0 Å². The van der Waals surface area contributed by atoms with Crippen LogP contribution in [-0.2, 0) is 4.79 Å². The van der Waals surface area contributed by atoms with Crippen molar-refractivity contribution in [3.63, 3.8) is 0 Å².